The summed E-state index contributed by atoms with van der Waals surface area (Å²) >= 11 is 0. The van der Waals surface area contributed by atoms with Gasteiger partial charge in [-0.25, -0.2) is 0 Å². The first kappa shape index (κ1) is 18.4. The summed E-state index contributed by atoms with van der Waals surface area (Å²) in [7, 11) is 0. The maximum absolute atomic E-state index is 12.1. The van der Waals surface area contributed by atoms with E-state index in [4.69, 9.17) is 0 Å². The molecule has 0 unspecified atom stereocenters. The zero-order valence-corrected chi connectivity index (χ0v) is 14.3. The quantitative estimate of drug-likeness (QED) is 0.609. The maximum atomic E-state index is 12.1. The van der Waals surface area contributed by atoms with Gasteiger partial charge in [-0.2, -0.15) is 0 Å². The summed E-state index contributed by atoms with van der Waals surface area (Å²) in [6.07, 6.45) is 6.76. The fourth-order valence-corrected chi connectivity index (χ4v) is 2.91. The summed E-state index contributed by atoms with van der Waals surface area (Å²) in [4.78, 5) is 14.6. The van der Waals surface area contributed by atoms with E-state index in [2.05, 4.69) is 36.3 Å². The normalized spacial score (nSPS) is 17.3. The van der Waals surface area contributed by atoms with Crippen molar-refractivity contribution in [2.24, 2.45) is 5.92 Å². The molecule has 0 aliphatic carbocycles. The maximum Gasteiger partial charge on any atom is 0.223 e. The molecule has 1 aliphatic heterocycles. The van der Waals surface area contributed by atoms with Crippen LogP contribution in [0.3, 0.4) is 0 Å². The van der Waals surface area contributed by atoms with E-state index >= 15 is 0 Å². The van der Waals surface area contributed by atoms with Gasteiger partial charge in [-0.1, -0.05) is 27.2 Å². The van der Waals surface area contributed by atoms with Crippen LogP contribution in [0.25, 0.3) is 0 Å². The number of nitrogens with zero attached hydrogens (tertiary/aromatic N) is 1. The molecule has 2 N–H and O–H groups in total. The molecule has 0 radical (unpaired) electrons. The van der Waals surface area contributed by atoms with Crippen molar-refractivity contribution in [1.82, 2.24) is 15.5 Å². The summed E-state index contributed by atoms with van der Waals surface area (Å²) in [6, 6.07) is 0.572. The van der Waals surface area contributed by atoms with E-state index in [1.807, 2.05) is 0 Å². The van der Waals surface area contributed by atoms with Gasteiger partial charge >= 0.3 is 0 Å². The van der Waals surface area contributed by atoms with Crippen LogP contribution < -0.4 is 10.6 Å². The monoisotopic (exact) mass is 297 g/mol. The number of carbonyl (C=O) groups is 1. The van der Waals surface area contributed by atoms with Crippen molar-refractivity contribution < 1.29 is 4.79 Å². The van der Waals surface area contributed by atoms with Crippen LogP contribution in [-0.4, -0.2) is 49.6 Å². The molecule has 0 saturated carbocycles. The highest BCUT2D eigenvalue weighted by Crippen LogP contribution is 2.17. The van der Waals surface area contributed by atoms with Gasteiger partial charge < -0.3 is 15.5 Å². The second-order valence-electron chi connectivity index (χ2n) is 6.58. The minimum Gasteiger partial charge on any atom is -0.356 e. The molecule has 0 aromatic carbocycles. The molecule has 1 heterocycles. The van der Waals surface area contributed by atoms with Gasteiger partial charge in [0.1, 0.15) is 0 Å². The smallest absolute Gasteiger partial charge is 0.223 e. The lowest BCUT2D eigenvalue weighted by Gasteiger charge is -2.30. The predicted molar refractivity (Wildman–Crippen MR) is 89.5 cm³/mol. The molecule has 4 heteroatoms. The number of nitrogens with one attached hydrogen (secondary N) is 2. The van der Waals surface area contributed by atoms with E-state index in [-0.39, 0.29) is 11.8 Å². The molecular formula is C17H35N3O. The zero-order chi connectivity index (χ0) is 15.5. The highest BCUT2D eigenvalue weighted by atomic mass is 16.1. The minimum absolute atomic E-state index is 0.251. The van der Waals surface area contributed by atoms with Crippen molar-refractivity contribution in [3.8, 4) is 0 Å². The average Bonchev–Trinajstić information content (AvgIpc) is 2.47. The van der Waals surface area contributed by atoms with Crippen LogP contribution in [-0.2, 0) is 4.79 Å². The highest BCUT2D eigenvalue weighted by Gasteiger charge is 2.23. The Balaban J connectivity index is 1.99. The van der Waals surface area contributed by atoms with Gasteiger partial charge in [-0.3, -0.25) is 4.79 Å². The number of carbonyl (C=O) groups excluding carboxylic acids is 1. The van der Waals surface area contributed by atoms with Gasteiger partial charge in [-0.05, 0) is 58.3 Å². The van der Waals surface area contributed by atoms with Crippen molar-refractivity contribution in [2.45, 2.75) is 65.3 Å². The Bertz CT molecular complexity index is 273. The molecular weight excluding hydrogens is 262 g/mol. The van der Waals surface area contributed by atoms with Gasteiger partial charge in [0, 0.05) is 18.5 Å². The van der Waals surface area contributed by atoms with Crippen LogP contribution in [0.1, 0.15) is 59.3 Å². The molecule has 1 rings (SSSR count). The van der Waals surface area contributed by atoms with Crippen molar-refractivity contribution >= 4 is 5.91 Å². The molecule has 1 saturated heterocycles. The summed E-state index contributed by atoms with van der Waals surface area (Å²) in [5, 5.41) is 6.54. The highest BCUT2D eigenvalue weighted by molar-refractivity contribution is 5.78. The van der Waals surface area contributed by atoms with E-state index in [1.54, 1.807) is 0 Å². The molecule has 0 atom stereocenters. The lowest BCUT2D eigenvalue weighted by atomic mass is 9.96. The fourth-order valence-electron chi connectivity index (χ4n) is 2.91. The van der Waals surface area contributed by atoms with Crippen LogP contribution in [0, 0.1) is 5.92 Å². The summed E-state index contributed by atoms with van der Waals surface area (Å²) in [6.45, 7) is 11.9. The molecule has 1 fully saturated rings. The zero-order valence-electron chi connectivity index (χ0n) is 14.3. The number of hydrogen-bond acceptors (Lipinski definition) is 3. The first-order chi connectivity index (χ1) is 10.1. The Morgan fingerprint density at radius 2 is 1.81 bits per heavy atom. The predicted octanol–water partition coefficient (Wildman–Crippen LogP) is 2.39. The third kappa shape index (κ3) is 8.42. The second-order valence-corrected chi connectivity index (χ2v) is 6.58. The number of piperidine rings is 1. The fraction of sp³-hybridized carbons (Fsp3) is 0.941. The third-order valence-corrected chi connectivity index (χ3v) is 4.20. The molecule has 0 aromatic rings. The number of hydrogen-bond donors (Lipinski definition) is 2. The van der Waals surface area contributed by atoms with E-state index in [9.17, 15) is 4.79 Å². The van der Waals surface area contributed by atoms with E-state index in [0.717, 1.165) is 45.4 Å². The Kier molecular flexibility index (Phi) is 9.68. The van der Waals surface area contributed by atoms with E-state index in [1.165, 1.54) is 25.8 Å². The van der Waals surface area contributed by atoms with Crippen LogP contribution in [0.15, 0.2) is 0 Å². The SMILES string of the molecule is CCCN1CCC(C(=O)NCCCCCNC(C)C)CC1. The molecule has 1 amide bonds. The summed E-state index contributed by atoms with van der Waals surface area (Å²) < 4.78 is 0. The topological polar surface area (TPSA) is 44.4 Å². The molecule has 4 nitrogen and oxygen atoms in total. The number of unbranched alkanes of at least 4 members (excludes halogenated alkanes) is 2. The Morgan fingerprint density at radius 1 is 1.14 bits per heavy atom. The first-order valence-electron chi connectivity index (χ1n) is 8.87. The average molecular weight is 297 g/mol. The Morgan fingerprint density at radius 3 is 2.43 bits per heavy atom. The van der Waals surface area contributed by atoms with Crippen molar-refractivity contribution in [1.29, 1.82) is 0 Å². The third-order valence-electron chi connectivity index (χ3n) is 4.20. The van der Waals surface area contributed by atoms with Crippen molar-refractivity contribution in [3.05, 3.63) is 0 Å². The van der Waals surface area contributed by atoms with E-state index < -0.39 is 0 Å². The van der Waals surface area contributed by atoms with Gasteiger partial charge in [0.15, 0.2) is 0 Å². The molecule has 0 spiro atoms. The first-order valence-corrected chi connectivity index (χ1v) is 8.87. The standard InChI is InChI=1S/C17H35N3O/c1-4-12-20-13-8-16(9-14-20)17(21)19-11-7-5-6-10-18-15(2)3/h15-16,18H,4-14H2,1-3H3,(H,19,21). The minimum atomic E-state index is 0.251. The van der Waals surface area contributed by atoms with Crippen LogP contribution in [0.5, 0.6) is 0 Å². The number of rotatable bonds is 10. The van der Waals surface area contributed by atoms with E-state index in [0.29, 0.717) is 6.04 Å². The Hall–Kier alpha value is -0.610. The lowest BCUT2D eigenvalue weighted by molar-refractivity contribution is -0.126. The van der Waals surface area contributed by atoms with Gasteiger partial charge in [0.2, 0.25) is 5.91 Å². The largest absolute Gasteiger partial charge is 0.356 e. The number of likely N-dealkylation sites (tertiary alicyclic amines) is 1. The number of amides is 1. The summed E-state index contributed by atoms with van der Waals surface area (Å²) in [5.74, 6) is 0.534. The van der Waals surface area contributed by atoms with Crippen LogP contribution in [0.4, 0.5) is 0 Å². The molecule has 124 valence electrons. The second kappa shape index (κ2) is 11.0. The lowest BCUT2D eigenvalue weighted by Crippen LogP contribution is -2.40. The molecule has 1 aliphatic rings. The summed E-state index contributed by atoms with van der Waals surface area (Å²) in [5.41, 5.74) is 0. The van der Waals surface area contributed by atoms with Gasteiger partial charge in [0.05, 0.1) is 0 Å². The van der Waals surface area contributed by atoms with Crippen LogP contribution in [0.2, 0.25) is 0 Å². The molecule has 21 heavy (non-hydrogen) atoms. The van der Waals surface area contributed by atoms with Gasteiger partial charge in [0.25, 0.3) is 0 Å². The van der Waals surface area contributed by atoms with Crippen molar-refractivity contribution in [3.63, 3.8) is 0 Å². The van der Waals surface area contributed by atoms with Crippen LogP contribution >= 0.6 is 0 Å². The Labute approximate surface area is 131 Å². The molecule has 0 bridgehead atoms. The van der Waals surface area contributed by atoms with Crippen molar-refractivity contribution in [2.75, 3.05) is 32.7 Å². The van der Waals surface area contributed by atoms with Gasteiger partial charge in [-0.15, -0.1) is 0 Å². The molecule has 0 aromatic heterocycles.